The monoisotopic (exact) mass is 294 g/mol. The van der Waals surface area contributed by atoms with Crippen molar-refractivity contribution < 1.29 is 9.69 Å². The van der Waals surface area contributed by atoms with E-state index in [0.717, 1.165) is 38.8 Å². The van der Waals surface area contributed by atoms with Crippen molar-refractivity contribution in [3.05, 3.63) is 71.8 Å². The fraction of sp³-hybridized carbons (Fsp3) is 0.350. The Labute approximate surface area is 132 Å². The summed E-state index contributed by atoms with van der Waals surface area (Å²) in [4.78, 5) is 13.1. The molecule has 0 heterocycles. The maximum atomic E-state index is 11.5. The lowest BCUT2D eigenvalue weighted by molar-refractivity contribution is -0.953. The molecule has 1 aliphatic carbocycles. The van der Waals surface area contributed by atoms with Crippen molar-refractivity contribution in [1.29, 1.82) is 0 Å². The zero-order valence-electron chi connectivity index (χ0n) is 13.0. The first kappa shape index (κ1) is 15.0. The zero-order chi connectivity index (χ0) is 15.2. The van der Waals surface area contributed by atoms with Crippen LogP contribution in [-0.2, 0) is 17.9 Å². The fourth-order valence-electron chi connectivity index (χ4n) is 3.42. The Bertz CT molecular complexity index is 542. The number of hydrogen-bond acceptors (Lipinski definition) is 1. The summed E-state index contributed by atoms with van der Waals surface area (Å²) < 4.78 is 0. The molecule has 2 aromatic carbocycles. The van der Waals surface area contributed by atoms with Crippen LogP contribution in [0.3, 0.4) is 0 Å². The molecule has 0 unspecified atom stereocenters. The highest BCUT2D eigenvalue weighted by atomic mass is 16.1. The van der Waals surface area contributed by atoms with Crippen molar-refractivity contribution in [2.75, 3.05) is 0 Å². The van der Waals surface area contributed by atoms with Crippen LogP contribution in [0.1, 0.15) is 36.8 Å². The third-order valence-corrected chi connectivity index (χ3v) is 4.67. The molecule has 1 aliphatic rings. The Morgan fingerprint density at radius 3 is 1.68 bits per heavy atom. The summed E-state index contributed by atoms with van der Waals surface area (Å²) in [6, 6.07) is 22.0. The zero-order valence-corrected chi connectivity index (χ0v) is 13.0. The maximum absolute atomic E-state index is 11.5. The SMILES string of the molecule is O=C1CCC([NH+](Cc2ccccc2)Cc2ccccc2)CC1. The van der Waals surface area contributed by atoms with Gasteiger partial charge in [0.2, 0.25) is 0 Å². The number of rotatable bonds is 5. The van der Waals surface area contributed by atoms with Crippen molar-refractivity contribution >= 4 is 5.78 Å². The quantitative estimate of drug-likeness (QED) is 0.899. The normalized spacial score (nSPS) is 16.1. The molecule has 22 heavy (non-hydrogen) atoms. The molecule has 1 N–H and O–H groups in total. The molecule has 2 nitrogen and oxygen atoms in total. The number of carbonyl (C=O) groups is 1. The lowest BCUT2D eigenvalue weighted by Crippen LogP contribution is -3.13. The predicted molar refractivity (Wildman–Crippen MR) is 88.5 cm³/mol. The molecule has 0 saturated heterocycles. The van der Waals surface area contributed by atoms with E-state index in [-0.39, 0.29) is 0 Å². The van der Waals surface area contributed by atoms with Gasteiger partial charge >= 0.3 is 0 Å². The van der Waals surface area contributed by atoms with Crippen molar-refractivity contribution in [2.45, 2.75) is 44.8 Å². The molecule has 2 heteroatoms. The average Bonchev–Trinajstić information content (AvgIpc) is 2.57. The number of ketones is 1. The minimum atomic E-state index is 0.440. The van der Waals surface area contributed by atoms with Crippen LogP contribution in [0.4, 0.5) is 0 Å². The van der Waals surface area contributed by atoms with E-state index < -0.39 is 0 Å². The largest absolute Gasteiger partial charge is 0.325 e. The summed E-state index contributed by atoms with van der Waals surface area (Å²) in [7, 11) is 0. The third kappa shape index (κ3) is 4.05. The van der Waals surface area contributed by atoms with Gasteiger partial charge < -0.3 is 4.90 Å². The molecule has 0 bridgehead atoms. The molecule has 0 aliphatic heterocycles. The molecule has 0 radical (unpaired) electrons. The summed E-state index contributed by atoms with van der Waals surface area (Å²) in [6.07, 6.45) is 3.59. The molecule has 114 valence electrons. The number of nitrogens with one attached hydrogen (secondary N) is 1. The number of quaternary nitrogens is 1. The molecule has 0 atom stereocenters. The summed E-state index contributed by atoms with van der Waals surface area (Å²) in [5.41, 5.74) is 2.76. The van der Waals surface area contributed by atoms with Crippen LogP contribution >= 0.6 is 0 Å². The summed E-state index contributed by atoms with van der Waals surface area (Å²) in [5, 5.41) is 0. The molecular weight excluding hydrogens is 270 g/mol. The second kappa shape index (κ2) is 7.37. The van der Waals surface area contributed by atoms with E-state index in [2.05, 4.69) is 60.7 Å². The van der Waals surface area contributed by atoms with Crippen molar-refractivity contribution in [1.82, 2.24) is 0 Å². The highest BCUT2D eigenvalue weighted by molar-refractivity contribution is 5.79. The molecule has 1 fully saturated rings. The van der Waals surface area contributed by atoms with E-state index in [0.29, 0.717) is 11.8 Å². The average molecular weight is 294 g/mol. The van der Waals surface area contributed by atoms with Gasteiger partial charge in [-0.3, -0.25) is 4.79 Å². The standard InChI is InChI=1S/C20H23NO/c22-20-13-11-19(12-14-20)21(15-17-7-3-1-4-8-17)16-18-9-5-2-6-10-18/h1-10,19H,11-16H2/p+1. The lowest BCUT2D eigenvalue weighted by Gasteiger charge is -2.31. The molecule has 2 aromatic rings. The van der Waals surface area contributed by atoms with Gasteiger partial charge in [-0.1, -0.05) is 60.7 Å². The van der Waals surface area contributed by atoms with Gasteiger partial charge in [-0.15, -0.1) is 0 Å². The molecule has 0 amide bonds. The van der Waals surface area contributed by atoms with Crippen LogP contribution in [0.25, 0.3) is 0 Å². The van der Waals surface area contributed by atoms with Crippen LogP contribution in [0.15, 0.2) is 60.7 Å². The first-order valence-electron chi connectivity index (χ1n) is 8.25. The van der Waals surface area contributed by atoms with Gasteiger partial charge in [0.15, 0.2) is 0 Å². The second-order valence-electron chi connectivity index (χ2n) is 6.30. The highest BCUT2D eigenvalue weighted by Crippen LogP contribution is 2.13. The smallest absolute Gasteiger partial charge is 0.133 e. The summed E-state index contributed by atoms with van der Waals surface area (Å²) in [6.45, 7) is 2.07. The van der Waals surface area contributed by atoms with Crippen molar-refractivity contribution in [3.63, 3.8) is 0 Å². The molecule has 0 spiro atoms. The van der Waals surface area contributed by atoms with E-state index >= 15 is 0 Å². The molecule has 1 saturated carbocycles. The Morgan fingerprint density at radius 1 is 0.773 bits per heavy atom. The van der Waals surface area contributed by atoms with Crippen LogP contribution in [0.2, 0.25) is 0 Å². The first-order valence-corrected chi connectivity index (χ1v) is 8.25. The number of benzene rings is 2. The molecule has 3 rings (SSSR count). The van der Waals surface area contributed by atoms with Crippen LogP contribution in [0.5, 0.6) is 0 Å². The van der Waals surface area contributed by atoms with E-state index in [1.165, 1.54) is 11.1 Å². The third-order valence-electron chi connectivity index (χ3n) is 4.67. The predicted octanol–water partition coefficient (Wildman–Crippen LogP) is 2.78. The number of carbonyl (C=O) groups excluding carboxylic acids is 1. The number of Topliss-reactive ketones (excluding diaryl/α,β-unsaturated/α-hetero) is 1. The summed E-state index contributed by atoms with van der Waals surface area (Å²) >= 11 is 0. The molecular formula is C20H24NO+. The van der Waals surface area contributed by atoms with Gasteiger partial charge in [-0.05, 0) is 0 Å². The maximum Gasteiger partial charge on any atom is 0.133 e. The van der Waals surface area contributed by atoms with Crippen molar-refractivity contribution in [3.8, 4) is 0 Å². The van der Waals surface area contributed by atoms with E-state index in [9.17, 15) is 4.79 Å². The summed E-state index contributed by atoms with van der Waals surface area (Å²) in [5.74, 6) is 0.440. The van der Waals surface area contributed by atoms with E-state index in [1.54, 1.807) is 4.90 Å². The Morgan fingerprint density at radius 2 is 1.23 bits per heavy atom. The van der Waals surface area contributed by atoms with E-state index in [1.807, 2.05) is 0 Å². The first-order chi connectivity index (χ1) is 10.8. The minimum Gasteiger partial charge on any atom is -0.325 e. The topological polar surface area (TPSA) is 21.5 Å². The van der Waals surface area contributed by atoms with Gasteiger partial charge in [0.25, 0.3) is 0 Å². The van der Waals surface area contributed by atoms with Gasteiger partial charge in [-0.2, -0.15) is 0 Å². The second-order valence-corrected chi connectivity index (χ2v) is 6.30. The van der Waals surface area contributed by atoms with Gasteiger partial charge in [-0.25, -0.2) is 0 Å². The van der Waals surface area contributed by atoms with Crippen LogP contribution < -0.4 is 4.90 Å². The minimum absolute atomic E-state index is 0.440. The van der Waals surface area contributed by atoms with Gasteiger partial charge in [0.05, 0.1) is 6.04 Å². The highest BCUT2D eigenvalue weighted by Gasteiger charge is 2.27. The van der Waals surface area contributed by atoms with Crippen molar-refractivity contribution in [2.24, 2.45) is 0 Å². The van der Waals surface area contributed by atoms with Crippen LogP contribution in [0, 0.1) is 0 Å². The Kier molecular flexibility index (Phi) is 5.02. The Hall–Kier alpha value is -1.93. The van der Waals surface area contributed by atoms with Gasteiger partial charge in [0.1, 0.15) is 18.9 Å². The number of hydrogen-bond donors (Lipinski definition) is 1. The lowest BCUT2D eigenvalue weighted by atomic mass is 9.92. The van der Waals surface area contributed by atoms with E-state index in [4.69, 9.17) is 0 Å². The van der Waals surface area contributed by atoms with Gasteiger partial charge in [0, 0.05) is 36.8 Å². The fourth-order valence-corrected chi connectivity index (χ4v) is 3.42. The molecule has 0 aromatic heterocycles. The van der Waals surface area contributed by atoms with Crippen LogP contribution in [-0.4, -0.2) is 11.8 Å². The Balaban J connectivity index is 1.74.